The molecule has 1 aromatic rings. The van der Waals surface area contributed by atoms with Crippen molar-refractivity contribution in [2.45, 2.75) is 6.10 Å². The van der Waals surface area contributed by atoms with Crippen molar-refractivity contribution in [3.05, 3.63) is 33.8 Å². The summed E-state index contributed by atoms with van der Waals surface area (Å²) in [4.78, 5) is 0. The molecule has 0 radical (unpaired) electrons. The van der Waals surface area contributed by atoms with E-state index >= 15 is 0 Å². The van der Waals surface area contributed by atoms with E-state index < -0.39 is 6.10 Å². The van der Waals surface area contributed by atoms with Gasteiger partial charge in [-0.3, -0.25) is 0 Å². The van der Waals surface area contributed by atoms with Gasteiger partial charge in [0.2, 0.25) is 0 Å². The lowest BCUT2D eigenvalue weighted by Gasteiger charge is -2.13. The number of likely N-dealkylation sites (N-methyl/N-ethyl adjacent to an activating group) is 1. The summed E-state index contributed by atoms with van der Waals surface area (Å²) in [6.45, 7) is 0.434. The van der Waals surface area contributed by atoms with Crippen LogP contribution in [0.15, 0.2) is 18.2 Å². The maximum Gasteiger partial charge on any atom is 0.0943 e. The van der Waals surface area contributed by atoms with Crippen LogP contribution in [-0.4, -0.2) is 18.7 Å². The molecular weight excluding hydrogens is 209 g/mol. The number of hydrogen-bond donors (Lipinski definition) is 2. The van der Waals surface area contributed by atoms with Crippen LogP contribution in [-0.2, 0) is 0 Å². The number of halogens is 2. The Labute approximate surface area is 87.5 Å². The molecule has 0 aliphatic heterocycles. The second kappa shape index (κ2) is 4.82. The van der Waals surface area contributed by atoms with Crippen molar-refractivity contribution in [2.24, 2.45) is 0 Å². The van der Waals surface area contributed by atoms with Gasteiger partial charge in [-0.25, -0.2) is 0 Å². The number of benzene rings is 1. The van der Waals surface area contributed by atoms with Gasteiger partial charge in [-0.05, 0) is 19.2 Å². The van der Waals surface area contributed by atoms with Crippen LogP contribution in [0.5, 0.6) is 0 Å². The molecule has 0 fully saturated rings. The summed E-state index contributed by atoms with van der Waals surface area (Å²) < 4.78 is 0. The van der Waals surface area contributed by atoms with Gasteiger partial charge in [0.05, 0.1) is 6.10 Å². The van der Waals surface area contributed by atoms with Crippen LogP contribution >= 0.6 is 23.2 Å². The predicted molar refractivity (Wildman–Crippen MR) is 55.3 cm³/mol. The van der Waals surface area contributed by atoms with Crippen LogP contribution in [0.3, 0.4) is 0 Å². The summed E-state index contributed by atoms with van der Waals surface area (Å²) in [6.07, 6.45) is -0.661. The van der Waals surface area contributed by atoms with Crippen LogP contribution < -0.4 is 5.32 Å². The normalized spacial score (nSPS) is 12.9. The van der Waals surface area contributed by atoms with Crippen molar-refractivity contribution in [3.63, 3.8) is 0 Å². The van der Waals surface area contributed by atoms with Crippen LogP contribution in [0.4, 0.5) is 0 Å². The van der Waals surface area contributed by atoms with Crippen LogP contribution in [0.1, 0.15) is 11.7 Å². The molecule has 0 bridgehead atoms. The van der Waals surface area contributed by atoms with Crippen LogP contribution in [0.2, 0.25) is 10.0 Å². The first-order valence-electron chi connectivity index (χ1n) is 3.93. The molecule has 0 spiro atoms. The second-order valence-corrected chi connectivity index (χ2v) is 3.52. The zero-order chi connectivity index (χ0) is 9.84. The molecular formula is C9H11Cl2NO. The van der Waals surface area contributed by atoms with E-state index in [4.69, 9.17) is 23.2 Å². The lowest BCUT2D eigenvalue weighted by molar-refractivity contribution is 0.178. The third-order valence-electron chi connectivity index (χ3n) is 1.73. The van der Waals surface area contributed by atoms with Crippen LogP contribution in [0.25, 0.3) is 0 Å². The Kier molecular flexibility index (Phi) is 4.00. The van der Waals surface area contributed by atoms with Crippen molar-refractivity contribution >= 4 is 23.2 Å². The molecule has 0 saturated heterocycles. The highest BCUT2D eigenvalue weighted by atomic mass is 35.5. The zero-order valence-corrected chi connectivity index (χ0v) is 8.73. The minimum atomic E-state index is -0.661. The van der Waals surface area contributed by atoms with Gasteiger partial charge >= 0.3 is 0 Å². The van der Waals surface area contributed by atoms with Gasteiger partial charge in [-0.1, -0.05) is 29.3 Å². The number of aliphatic hydroxyl groups is 1. The summed E-state index contributed by atoms with van der Waals surface area (Å²) in [5, 5.41) is 13.5. The van der Waals surface area contributed by atoms with Gasteiger partial charge in [-0.2, -0.15) is 0 Å². The van der Waals surface area contributed by atoms with Gasteiger partial charge < -0.3 is 10.4 Å². The first-order valence-corrected chi connectivity index (χ1v) is 4.69. The fourth-order valence-electron chi connectivity index (χ4n) is 1.12. The Balaban J connectivity index is 2.98. The van der Waals surface area contributed by atoms with E-state index in [-0.39, 0.29) is 0 Å². The molecule has 13 heavy (non-hydrogen) atoms. The average Bonchev–Trinajstić information content (AvgIpc) is 2.04. The Morgan fingerprint density at radius 3 is 2.38 bits per heavy atom. The minimum Gasteiger partial charge on any atom is -0.387 e. The lowest BCUT2D eigenvalue weighted by atomic mass is 10.1. The Morgan fingerprint density at radius 1 is 1.38 bits per heavy atom. The molecule has 72 valence electrons. The van der Waals surface area contributed by atoms with Crippen LogP contribution in [0, 0.1) is 0 Å². The number of hydrogen-bond acceptors (Lipinski definition) is 2. The fraction of sp³-hybridized carbons (Fsp3) is 0.333. The molecule has 2 N–H and O–H groups in total. The molecule has 0 amide bonds. The Bertz CT molecular complexity index is 271. The average molecular weight is 220 g/mol. The molecule has 1 aromatic carbocycles. The Hall–Kier alpha value is -0.280. The lowest BCUT2D eigenvalue weighted by Crippen LogP contribution is -2.17. The van der Waals surface area contributed by atoms with E-state index in [9.17, 15) is 5.11 Å². The largest absolute Gasteiger partial charge is 0.387 e. The molecule has 0 aromatic heterocycles. The molecule has 0 aliphatic rings. The van der Waals surface area contributed by atoms with Crippen molar-refractivity contribution in [1.82, 2.24) is 5.32 Å². The summed E-state index contributed by atoms with van der Waals surface area (Å²) in [6, 6.07) is 5.17. The molecule has 2 nitrogen and oxygen atoms in total. The molecule has 1 unspecified atom stereocenters. The first kappa shape index (κ1) is 10.8. The molecule has 4 heteroatoms. The molecule has 1 rings (SSSR count). The van der Waals surface area contributed by atoms with Gasteiger partial charge in [0.25, 0.3) is 0 Å². The third kappa shape index (κ3) is 2.58. The minimum absolute atomic E-state index is 0.434. The molecule has 0 aliphatic carbocycles. The van der Waals surface area contributed by atoms with Crippen molar-refractivity contribution in [2.75, 3.05) is 13.6 Å². The Morgan fingerprint density at radius 2 is 1.92 bits per heavy atom. The van der Waals surface area contributed by atoms with E-state index in [0.29, 0.717) is 22.2 Å². The number of rotatable bonds is 3. The first-order chi connectivity index (χ1) is 6.16. The standard InChI is InChI=1S/C9H11Cl2NO/c1-12-5-8(13)9-6(10)3-2-4-7(9)11/h2-4,8,12-13H,5H2,1H3. The van der Waals surface area contributed by atoms with Crippen molar-refractivity contribution in [1.29, 1.82) is 0 Å². The van der Waals surface area contributed by atoms with E-state index in [2.05, 4.69) is 5.32 Å². The number of aliphatic hydroxyl groups excluding tert-OH is 1. The molecule has 0 heterocycles. The topological polar surface area (TPSA) is 32.3 Å². The van der Waals surface area contributed by atoms with Gasteiger partial charge in [0, 0.05) is 22.2 Å². The van der Waals surface area contributed by atoms with Crippen molar-refractivity contribution in [3.8, 4) is 0 Å². The maximum atomic E-state index is 9.65. The van der Waals surface area contributed by atoms with Gasteiger partial charge in [0.1, 0.15) is 0 Å². The highest BCUT2D eigenvalue weighted by molar-refractivity contribution is 6.36. The summed E-state index contributed by atoms with van der Waals surface area (Å²) >= 11 is 11.8. The van der Waals surface area contributed by atoms with E-state index in [1.807, 2.05) is 0 Å². The van der Waals surface area contributed by atoms with Gasteiger partial charge in [-0.15, -0.1) is 0 Å². The summed E-state index contributed by atoms with van der Waals surface area (Å²) in [5.74, 6) is 0. The van der Waals surface area contributed by atoms with E-state index in [1.54, 1.807) is 25.2 Å². The summed E-state index contributed by atoms with van der Waals surface area (Å²) in [5.41, 5.74) is 0.584. The van der Waals surface area contributed by atoms with E-state index in [1.165, 1.54) is 0 Å². The fourth-order valence-corrected chi connectivity index (χ4v) is 1.77. The quantitative estimate of drug-likeness (QED) is 0.818. The predicted octanol–water partition coefficient (Wildman–Crippen LogP) is 2.25. The maximum absolute atomic E-state index is 9.65. The smallest absolute Gasteiger partial charge is 0.0943 e. The highest BCUT2D eigenvalue weighted by Crippen LogP contribution is 2.29. The molecule has 0 saturated carbocycles. The third-order valence-corrected chi connectivity index (χ3v) is 2.39. The second-order valence-electron chi connectivity index (χ2n) is 2.71. The highest BCUT2D eigenvalue weighted by Gasteiger charge is 2.13. The SMILES string of the molecule is CNCC(O)c1c(Cl)cccc1Cl. The number of nitrogens with one attached hydrogen (secondary N) is 1. The van der Waals surface area contributed by atoms with E-state index in [0.717, 1.165) is 0 Å². The zero-order valence-electron chi connectivity index (χ0n) is 7.22. The molecule has 1 atom stereocenters. The van der Waals surface area contributed by atoms with Gasteiger partial charge in [0.15, 0.2) is 0 Å². The monoisotopic (exact) mass is 219 g/mol. The van der Waals surface area contributed by atoms with Crippen molar-refractivity contribution < 1.29 is 5.11 Å². The summed E-state index contributed by atoms with van der Waals surface area (Å²) in [7, 11) is 1.76.